The lowest BCUT2D eigenvalue weighted by Gasteiger charge is -2.08. The number of aryl methyl sites for hydroxylation is 2. The van der Waals surface area contributed by atoms with Crippen LogP contribution in [0.25, 0.3) is 11.0 Å². The highest BCUT2D eigenvalue weighted by atomic mass is 16.5. The lowest BCUT2D eigenvalue weighted by atomic mass is 10.1. The van der Waals surface area contributed by atoms with Gasteiger partial charge in [-0.1, -0.05) is 38.1 Å². The summed E-state index contributed by atoms with van der Waals surface area (Å²) in [5, 5.41) is 5.86. The van der Waals surface area contributed by atoms with E-state index in [-0.39, 0.29) is 17.7 Å². The Morgan fingerprint density at radius 2 is 1.66 bits per heavy atom. The van der Waals surface area contributed by atoms with Crippen molar-refractivity contribution in [2.24, 2.45) is 5.92 Å². The highest BCUT2D eigenvalue weighted by Crippen LogP contribution is 2.17. The molecule has 1 heterocycles. The van der Waals surface area contributed by atoms with Crippen molar-refractivity contribution < 1.29 is 14.3 Å². The van der Waals surface area contributed by atoms with Crippen LogP contribution in [0.2, 0.25) is 0 Å². The van der Waals surface area contributed by atoms with Crippen LogP contribution in [0, 0.1) is 5.92 Å². The van der Waals surface area contributed by atoms with E-state index in [1.54, 1.807) is 13.2 Å². The molecule has 0 aliphatic rings. The number of imidazole rings is 1. The summed E-state index contributed by atoms with van der Waals surface area (Å²) in [6, 6.07) is 21.0. The van der Waals surface area contributed by atoms with E-state index < -0.39 is 0 Å². The van der Waals surface area contributed by atoms with Crippen LogP contribution in [0.1, 0.15) is 41.2 Å². The Labute approximate surface area is 204 Å². The highest BCUT2D eigenvalue weighted by molar-refractivity contribution is 5.97. The van der Waals surface area contributed by atoms with Crippen molar-refractivity contribution in [1.82, 2.24) is 15.3 Å². The number of nitrogens with zero attached hydrogens (tertiary/aromatic N) is 1. The second-order valence-corrected chi connectivity index (χ2v) is 8.79. The summed E-state index contributed by atoms with van der Waals surface area (Å²) in [5.41, 5.74) is 5.21. The fraction of sp³-hybridized carbons (Fsp3) is 0.250. The van der Waals surface area contributed by atoms with Crippen molar-refractivity contribution in [3.63, 3.8) is 0 Å². The van der Waals surface area contributed by atoms with Gasteiger partial charge in [-0.3, -0.25) is 9.59 Å². The number of rotatable bonds is 9. The van der Waals surface area contributed by atoms with Crippen LogP contribution in [0.5, 0.6) is 5.75 Å². The van der Waals surface area contributed by atoms with Crippen LogP contribution in [-0.4, -0.2) is 28.9 Å². The predicted octanol–water partition coefficient (Wildman–Crippen LogP) is 4.88. The lowest BCUT2D eigenvalue weighted by molar-refractivity contribution is -0.118. The summed E-state index contributed by atoms with van der Waals surface area (Å²) in [6.07, 6.45) is 1.55. The first-order chi connectivity index (χ1) is 16.9. The zero-order chi connectivity index (χ0) is 24.8. The number of nitrogens with one attached hydrogen (secondary N) is 3. The van der Waals surface area contributed by atoms with Gasteiger partial charge in [0.25, 0.3) is 5.91 Å². The third-order valence-corrected chi connectivity index (χ3v) is 5.80. The van der Waals surface area contributed by atoms with E-state index in [0.29, 0.717) is 12.1 Å². The first-order valence-corrected chi connectivity index (χ1v) is 11.7. The molecule has 3 aromatic carbocycles. The molecule has 0 atom stereocenters. The zero-order valence-corrected chi connectivity index (χ0v) is 20.2. The second-order valence-electron chi connectivity index (χ2n) is 8.79. The molecule has 3 N–H and O–H groups in total. The zero-order valence-electron chi connectivity index (χ0n) is 20.2. The number of amides is 2. The first-order valence-electron chi connectivity index (χ1n) is 11.7. The third-order valence-electron chi connectivity index (χ3n) is 5.80. The van der Waals surface area contributed by atoms with Crippen LogP contribution >= 0.6 is 0 Å². The number of hydrogen-bond acceptors (Lipinski definition) is 4. The Balaban J connectivity index is 1.34. The number of aromatic amines is 1. The van der Waals surface area contributed by atoms with Crippen LogP contribution in [0.4, 0.5) is 5.69 Å². The molecule has 0 spiro atoms. The van der Waals surface area contributed by atoms with Gasteiger partial charge in [-0.2, -0.15) is 0 Å². The van der Waals surface area contributed by atoms with Crippen molar-refractivity contribution in [3.8, 4) is 5.75 Å². The minimum absolute atomic E-state index is 0.00816. The average Bonchev–Trinajstić information content (AvgIpc) is 3.29. The standard InChI is InChI=1S/C28H30N4O3/c1-18(2)27(33)30-22-10-4-19(5-11-22)8-15-26-31-24-14-9-21(16-25(24)32-26)28(34)29-17-20-6-12-23(35-3)13-7-20/h4-7,9-14,16,18H,8,15,17H2,1-3H3,(H,29,34)(H,30,33)(H,31,32). The summed E-state index contributed by atoms with van der Waals surface area (Å²) >= 11 is 0. The molecule has 180 valence electrons. The topological polar surface area (TPSA) is 96.1 Å². The monoisotopic (exact) mass is 470 g/mol. The maximum atomic E-state index is 12.6. The van der Waals surface area contributed by atoms with Crippen molar-refractivity contribution >= 4 is 28.5 Å². The van der Waals surface area contributed by atoms with Gasteiger partial charge < -0.3 is 20.4 Å². The molecule has 2 amide bonds. The number of carbonyl (C=O) groups excluding carboxylic acids is 2. The van der Waals surface area contributed by atoms with Gasteiger partial charge in [-0.15, -0.1) is 0 Å². The fourth-order valence-electron chi connectivity index (χ4n) is 3.65. The summed E-state index contributed by atoms with van der Waals surface area (Å²) in [6.45, 7) is 4.18. The number of hydrogen-bond donors (Lipinski definition) is 3. The van der Waals surface area contributed by atoms with Gasteiger partial charge in [0, 0.05) is 30.1 Å². The molecule has 0 saturated heterocycles. The highest BCUT2D eigenvalue weighted by Gasteiger charge is 2.10. The molecule has 7 heteroatoms. The number of fused-ring (bicyclic) bond motifs is 1. The minimum Gasteiger partial charge on any atom is -0.497 e. The normalized spacial score (nSPS) is 11.0. The van der Waals surface area contributed by atoms with Crippen LogP contribution < -0.4 is 15.4 Å². The molecule has 0 aliphatic heterocycles. The largest absolute Gasteiger partial charge is 0.497 e. The molecule has 7 nitrogen and oxygen atoms in total. The number of H-pyrrole nitrogens is 1. The number of aromatic nitrogens is 2. The number of anilines is 1. The SMILES string of the molecule is COc1ccc(CNC(=O)c2ccc3nc(CCc4ccc(NC(=O)C(C)C)cc4)[nH]c3c2)cc1. The van der Waals surface area contributed by atoms with Gasteiger partial charge in [0.15, 0.2) is 0 Å². The van der Waals surface area contributed by atoms with E-state index >= 15 is 0 Å². The van der Waals surface area contributed by atoms with Gasteiger partial charge in [0.05, 0.1) is 18.1 Å². The number of benzene rings is 3. The number of carbonyl (C=O) groups is 2. The lowest BCUT2D eigenvalue weighted by Crippen LogP contribution is -2.22. The maximum Gasteiger partial charge on any atom is 0.251 e. The molecule has 4 rings (SSSR count). The van der Waals surface area contributed by atoms with Gasteiger partial charge in [0.1, 0.15) is 11.6 Å². The molecule has 0 aliphatic carbocycles. The predicted molar refractivity (Wildman–Crippen MR) is 138 cm³/mol. The number of methoxy groups -OCH3 is 1. The van der Waals surface area contributed by atoms with Crippen molar-refractivity contribution in [1.29, 1.82) is 0 Å². The molecule has 0 fully saturated rings. The molecule has 0 bridgehead atoms. The molecular weight excluding hydrogens is 440 g/mol. The third kappa shape index (κ3) is 6.26. The average molecular weight is 471 g/mol. The van der Waals surface area contributed by atoms with Gasteiger partial charge in [-0.25, -0.2) is 4.98 Å². The Hall–Kier alpha value is -4.13. The Morgan fingerprint density at radius 3 is 2.34 bits per heavy atom. The van der Waals surface area contributed by atoms with Crippen molar-refractivity contribution in [2.45, 2.75) is 33.2 Å². The summed E-state index contributed by atoms with van der Waals surface area (Å²) in [5.74, 6) is 1.47. The van der Waals surface area contributed by atoms with E-state index in [1.165, 1.54) is 0 Å². The van der Waals surface area contributed by atoms with Gasteiger partial charge in [0.2, 0.25) is 5.91 Å². The number of ether oxygens (including phenoxy) is 1. The van der Waals surface area contributed by atoms with E-state index in [2.05, 4.69) is 20.6 Å². The summed E-state index contributed by atoms with van der Waals surface area (Å²) in [4.78, 5) is 32.5. The van der Waals surface area contributed by atoms with Crippen LogP contribution in [0.15, 0.2) is 66.7 Å². The quantitative estimate of drug-likeness (QED) is 0.325. The molecule has 1 aromatic heterocycles. The molecule has 4 aromatic rings. The Kier molecular flexibility index (Phi) is 7.45. The Bertz CT molecular complexity index is 1310. The van der Waals surface area contributed by atoms with Gasteiger partial charge >= 0.3 is 0 Å². The van der Waals surface area contributed by atoms with E-state index in [9.17, 15) is 9.59 Å². The fourth-order valence-corrected chi connectivity index (χ4v) is 3.65. The van der Waals surface area contributed by atoms with Crippen molar-refractivity contribution in [3.05, 3.63) is 89.2 Å². The van der Waals surface area contributed by atoms with Crippen LogP contribution in [0.3, 0.4) is 0 Å². The smallest absolute Gasteiger partial charge is 0.251 e. The molecular formula is C28H30N4O3. The van der Waals surface area contributed by atoms with Crippen molar-refractivity contribution in [2.75, 3.05) is 12.4 Å². The summed E-state index contributed by atoms with van der Waals surface area (Å²) < 4.78 is 5.16. The second kappa shape index (κ2) is 10.9. The van der Waals surface area contributed by atoms with E-state index in [0.717, 1.165) is 52.3 Å². The van der Waals surface area contributed by atoms with Crippen LogP contribution in [-0.2, 0) is 24.2 Å². The molecule has 35 heavy (non-hydrogen) atoms. The first kappa shape index (κ1) is 24.0. The molecule has 0 unspecified atom stereocenters. The van der Waals surface area contributed by atoms with Gasteiger partial charge in [-0.05, 0) is 60.0 Å². The summed E-state index contributed by atoms with van der Waals surface area (Å²) in [7, 11) is 1.63. The minimum atomic E-state index is -0.136. The molecule has 0 saturated carbocycles. The Morgan fingerprint density at radius 1 is 0.943 bits per heavy atom. The maximum absolute atomic E-state index is 12.6. The molecule has 0 radical (unpaired) electrons. The van der Waals surface area contributed by atoms with E-state index in [1.807, 2.05) is 74.5 Å². The van der Waals surface area contributed by atoms with E-state index in [4.69, 9.17) is 4.74 Å².